The van der Waals surface area contributed by atoms with Crippen LogP contribution in [0.4, 0.5) is 0 Å². The van der Waals surface area contributed by atoms with E-state index in [2.05, 4.69) is 40.0 Å². The minimum Gasteiger partial charge on any atom is -0.392 e. The summed E-state index contributed by atoms with van der Waals surface area (Å²) in [6, 6.07) is 10.6. The highest BCUT2D eigenvalue weighted by Crippen LogP contribution is 2.18. The van der Waals surface area contributed by atoms with E-state index in [-0.39, 0.29) is 6.10 Å². The third kappa shape index (κ3) is 6.32. The van der Waals surface area contributed by atoms with Crippen molar-refractivity contribution >= 4 is 6.79 Å². The molecule has 0 aliphatic carbocycles. The lowest BCUT2D eigenvalue weighted by Gasteiger charge is -2.04. The highest BCUT2D eigenvalue weighted by atomic mass is 16.3. The molecule has 0 saturated carbocycles. The van der Waals surface area contributed by atoms with Gasteiger partial charge < -0.3 is 20.5 Å². The highest BCUT2D eigenvalue weighted by molar-refractivity contribution is 5.59. The van der Waals surface area contributed by atoms with Crippen LogP contribution in [-0.2, 0) is 18.4 Å². The van der Waals surface area contributed by atoms with Crippen LogP contribution in [0, 0.1) is 0 Å². The number of rotatable bonds is 3. The van der Waals surface area contributed by atoms with Crippen LogP contribution < -0.4 is 10.6 Å². The Morgan fingerprint density at radius 1 is 1.35 bits per heavy atom. The normalized spacial score (nSPS) is 16.0. The highest BCUT2D eigenvalue weighted by Gasteiger charge is 2.08. The molecule has 1 aliphatic heterocycles. The Bertz CT molecular complexity index is 548. The molecule has 23 heavy (non-hydrogen) atoms. The number of hydrogen-bond donors (Lipinski definition) is 3. The number of aromatic nitrogens is 2. The summed E-state index contributed by atoms with van der Waals surface area (Å²) in [6.07, 6.45) is 2.68. The van der Waals surface area contributed by atoms with Gasteiger partial charge in [-0.15, -0.1) is 0 Å². The summed E-state index contributed by atoms with van der Waals surface area (Å²) in [6.45, 7) is 4.69. The van der Waals surface area contributed by atoms with Crippen molar-refractivity contribution in [3.05, 3.63) is 42.1 Å². The molecule has 1 fully saturated rings. The van der Waals surface area contributed by atoms with Crippen molar-refractivity contribution < 1.29 is 9.90 Å². The van der Waals surface area contributed by atoms with Crippen molar-refractivity contribution in [1.29, 1.82) is 0 Å². The molecule has 126 valence electrons. The zero-order valence-corrected chi connectivity index (χ0v) is 13.8. The molecule has 1 aliphatic rings. The maximum atomic E-state index is 8.67. The summed E-state index contributed by atoms with van der Waals surface area (Å²) >= 11 is 0. The summed E-state index contributed by atoms with van der Waals surface area (Å²) in [4.78, 5) is 8.00. The summed E-state index contributed by atoms with van der Waals surface area (Å²) in [5.74, 6) is 0. The molecule has 0 radical (unpaired) electrons. The molecule has 1 aromatic carbocycles. The minimum atomic E-state index is -0.0648. The van der Waals surface area contributed by atoms with E-state index < -0.39 is 0 Å². The standard InChI is InChI=1S/C12H15N3.C4H9NO.CH2O/c1-13-9-10-3-5-11(6-4-10)12-7-8-14-15(12)2;6-4-1-2-5-3-4;1-2/h3-8,13H,9H2,1-2H3;4-6H,1-3H2;1H2. The van der Waals surface area contributed by atoms with Crippen LogP contribution in [0.1, 0.15) is 12.0 Å². The number of carbonyl (C=O) groups is 1. The Morgan fingerprint density at radius 2 is 2.04 bits per heavy atom. The van der Waals surface area contributed by atoms with E-state index in [4.69, 9.17) is 9.90 Å². The zero-order chi connectivity index (χ0) is 17.1. The van der Waals surface area contributed by atoms with Gasteiger partial charge in [0.25, 0.3) is 0 Å². The van der Waals surface area contributed by atoms with Crippen molar-refractivity contribution in [3.8, 4) is 11.3 Å². The summed E-state index contributed by atoms with van der Waals surface area (Å²) < 4.78 is 1.88. The van der Waals surface area contributed by atoms with Crippen molar-refractivity contribution in [1.82, 2.24) is 20.4 Å². The van der Waals surface area contributed by atoms with Crippen LogP contribution in [0.25, 0.3) is 11.3 Å². The molecule has 6 nitrogen and oxygen atoms in total. The van der Waals surface area contributed by atoms with Gasteiger partial charge in [-0.25, -0.2) is 0 Å². The van der Waals surface area contributed by atoms with E-state index >= 15 is 0 Å². The van der Waals surface area contributed by atoms with Gasteiger partial charge in [0, 0.05) is 26.3 Å². The quantitative estimate of drug-likeness (QED) is 0.786. The molecule has 1 saturated heterocycles. The Labute approximate surface area is 137 Å². The largest absolute Gasteiger partial charge is 0.392 e. The fourth-order valence-electron chi connectivity index (χ4n) is 2.29. The topological polar surface area (TPSA) is 79.2 Å². The minimum absolute atomic E-state index is 0.0648. The van der Waals surface area contributed by atoms with Crippen LogP contribution in [-0.4, -0.2) is 47.9 Å². The number of aliphatic hydroxyl groups is 1. The van der Waals surface area contributed by atoms with Crippen LogP contribution in [0.5, 0.6) is 0 Å². The Kier molecular flexibility index (Phi) is 8.82. The van der Waals surface area contributed by atoms with Crippen LogP contribution >= 0.6 is 0 Å². The molecule has 0 spiro atoms. The summed E-state index contributed by atoms with van der Waals surface area (Å²) in [7, 11) is 3.91. The van der Waals surface area contributed by atoms with Gasteiger partial charge in [-0.3, -0.25) is 4.68 Å². The van der Waals surface area contributed by atoms with E-state index in [1.54, 1.807) is 0 Å². The predicted octanol–water partition coefficient (Wildman–Crippen LogP) is 0.962. The molecule has 0 bridgehead atoms. The number of nitrogens with one attached hydrogen (secondary N) is 2. The Morgan fingerprint density at radius 3 is 2.43 bits per heavy atom. The molecule has 3 rings (SSSR count). The zero-order valence-electron chi connectivity index (χ0n) is 13.8. The Hall–Kier alpha value is -2.02. The van der Waals surface area contributed by atoms with E-state index in [1.807, 2.05) is 37.8 Å². The van der Waals surface area contributed by atoms with Gasteiger partial charge in [0.15, 0.2) is 0 Å². The molecule has 1 atom stereocenters. The number of hydrogen-bond acceptors (Lipinski definition) is 5. The maximum Gasteiger partial charge on any atom is 0.106 e. The van der Waals surface area contributed by atoms with Crippen molar-refractivity contribution in [2.24, 2.45) is 7.05 Å². The number of nitrogens with zero attached hydrogens (tertiary/aromatic N) is 2. The van der Waals surface area contributed by atoms with Gasteiger partial charge in [0.1, 0.15) is 6.79 Å². The summed E-state index contributed by atoms with van der Waals surface area (Å²) in [5.41, 5.74) is 3.64. The first-order valence-electron chi connectivity index (χ1n) is 7.60. The molecule has 1 unspecified atom stereocenters. The number of aryl methyl sites for hydroxylation is 1. The number of aliphatic hydroxyl groups excluding tert-OH is 1. The van der Waals surface area contributed by atoms with Gasteiger partial charge in [-0.2, -0.15) is 5.10 Å². The van der Waals surface area contributed by atoms with E-state index in [1.165, 1.54) is 11.1 Å². The fraction of sp³-hybridized carbons (Fsp3) is 0.412. The second-order valence-corrected chi connectivity index (χ2v) is 5.21. The number of β-amino-alcohol motifs (C(OH)–C–C–N with tert-alkyl or cyclic N) is 1. The third-order valence-corrected chi connectivity index (χ3v) is 3.49. The average molecular weight is 318 g/mol. The number of carbonyl (C=O) groups excluding carboxylic acids is 1. The van der Waals surface area contributed by atoms with Crippen molar-refractivity contribution in [2.75, 3.05) is 20.1 Å². The lowest BCUT2D eigenvalue weighted by molar-refractivity contribution is -0.0979. The molecule has 1 aromatic heterocycles. The smallest absolute Gasteiger partial charge is 0.106 e. The maximum absolute atomic E-state index is 8.67. The lowest BCUT2D eigenvalue weighted by atomic mass is 10.1. The van der Waals surface area contributed by atoms with E-state index in [0.29, 0.717) is 0 Å². The molecule has 3 N–H and O–H groups in total. The Balaban J connectivity index is 0.000000276. The van der Waals surface area contributed by atoms with Gasteiger partial charge in [-0.05, 0) is 37.2 Å². The van der Waals surface area contributed by atoms with Gasteiger partial charge in [0.05, 0.1) is 11.8 Å². The third-order valence-electron chi connectivity index (χ3n) is 3.49. The van der Waals surface area contributed by atoms with Crippen LogP contribution in [0.15, 0.2) is 36.5 Å². The van der Waals surface area contributed by atoms with Crippen molar-refractivity contribution in [2.45, 2.75) is 19.1 Å². The summed E-state index contributed by atoms with van der Waals surface area (Å²) in [5, 5.41) is 19.0. The first-order chi connectivity index (χ1) is 11.2. The van der Waals surface area contributed by atoms with Crippen molar-refractivity contribution in [3.63, 3.8) is 0 Å². The van der Waals surface area contributed by atoms with Crippen LogP contribution in [0.2, 0.25) is 0 Å². The van der Waals surface area contributed by atoms with Gasteiger partial charge in [0.2, 0.25) is 0 Å². The first-order valence-corrected chi connectivity index (χ1v) is 7.60. The fourth-order valence-corrected chi connectivity index (χ4v) is 2.29. The average Bonchev–Trinajstić information content (AvgIpc) is 3.22. The monoisotopic (exact) mass is 318 g/mol. The predicted molar refractivity (Wildman–Crippen MR) is 92.0 cm³/mol. The molecule has 6 heteroatoms. The lowest BCUT2D eigenvalue weighted by Crippen LogP contribution is -2.11. The SMILES string of the molecule is C=O.CNCc1ccc(-c2ccnn2C)cc1.OC1CCNC1. The number of benzene rings is 1. The second kappa shape index (κ2) is 10.7. The molecule has 2 heterocycles. The van der Waals surface area contributed by atoms with Gasteiger partial charge in [-0.1, -0.05) is 24.3 Å². The molecule has 0 amide bonds. The van der Waals surface area contributed by atoms with Crippen LogP contribution in [0.3, 0.4) is 0 Å². The van der Waals surface area contributed by atoms with E-state index in [0.717, 1.165) is 31.7 Å². The second-order valence-electron chi connectivity index (χ2n) is 5.21. The first kappa shape index (κ1) is 19.0. The molecule has 2 aromatic rings. The molecular weight excluding hydrogens is 292 g/mol. The van der Waals surface area contributed by atoms with Gasteiger partial charge >= 0.3 is 0 Å². The van der Waals surface area contributed by atoms with E-state index in [9.17, 15) is 0 Å². The molecular formula is C17H26N4O2.